The maximum atomic E-state index is 13.6. The molecule has 31 heavy (non-hydrogen) atoms. The molecule has 2 aromatic carbocycles. The Balaban J connectivity index is 1.46. The molecule has 2 aliphatic rings. The number of carbonyl (C=O) groups excluding carboxylic acids is 1. The lowest BCUT2D eigenvalue weighted by Gasteiger charge is -2.30. The van der Waals surface area contributed by atoms with Gasteiger partial charge in [-0.2, -0.15) is 10.4 Å². The van der Waals surface area contributed by atoms with Crippen LogP contribution in [-0.4, -0.2) is 32.2 Å². The van der Waals surface area contributed by atoms with E-state index in [-0.39, 0.29) is 5.91 Å². The highest BCUT2D eigenvalue weighted by molar-refractivity contribution is 5.96. The summed E-state index contributed by atoms with van der Waals surface area (Å²) in [6.07, 6.45) is 5.84. The fraction of sp³-hybridized carbons (Fsp3) is 0.320. The molecule has 0 unspecified atom stereocenters. The quantitative estimate of drug-likeness (QED) is 0.711. The Morgan fingerprint density at radius 1 is 1.13 bits per heavy atom. The molecule has 1 fully saturated rings. The molecule has 0 atom stereocenters. The third-order valence-corrected chi connectivity index (χ3v) is 6.48. The Hall–Kier alpha value is -3.43. The second-order valence-electron chi connectivity index (χ2n) is 8.47. The van der Waals surface area contributed by atoms with Crippen molar-refractivity contribution in [2.75, 3.05) is 6.54 Å². The smallest absolute Gasteiger partial charge is 0.254 e. The van der Waals surface area contributed by atoms with Gasteiger partial charge in [-0.25, -0.2) is 4.68 Å². The topological polar surface area (TPSA) is 82.2 Å². The summed E-state index contributed by atoms with van der Waals surface area (Å²) in [5, 5.41) is 25.2. The van der Waals surface area contributed by atoms with E-state index in [9.17, 15) is 15.2 Å². The molecule has 0 saturated heterocycles. The van der Waals surface area contributed by atoms with Crippen molar-refractivity contribution >= 4 is 5.91 Å². The number of nitrogens with zero attached hydrogens (tertiary/aromatic N) is 4. The zero-order valence-corrected chi connectivity index (χ0v) is 17.3. The molecule has 0 spiro atoms. The summed E-state index contributed by atoms with van der Waals surface area (Å²) >= 11 is 0. The second-order valence-corrected chi connectivity index (χ2v) is 8.47. The lowest BCUT2D eigenvalue weighted by molar-refractivity contribution is 0.0415. The van der Waals surface area contributed by atoms with Gasteiger partial charge in [-0.3, -0.25) is 4.79 Å². The van der Waals surface area contributed by atoms with Crippen LogP contribution in [0.4, 0.5) is 0 Å². The highest BCUT2D eigenvalue weighted by Gasteiger charge is 2.37. The molecule has 1 aromatic heterocycles. The zero-order chi connectivity index (χ0) is 21.4. The van der Waals surface area contributed by atoms with Crippen LogP contribution in [0.5, 0.6) is 0 Å². The Morgan fingerprint density at radius 2 is 1.90 bits per heavy atom. The number of fused-ring (bicyclic) bond motifs is 1. The third-order valence-electron chi connectivity index (χ3n) is 6.48. The van der Waals surface area contributed by atoms with E-state index in [4.69, 9.17) is 5.10 Å². The summed E-state index contributed by atoms with van der Waals surface area (Å²) in [6.45, 7) is 1.03. The van der Waals surface area contributed by atoms with E-state index < -0.39 is 5.60 Å². The molecule has 3 aromatic rings. The van der Waals surface area contributed by atoms with Crippen molar-refractivity contribution < 1.29 is 9.90 Å². The van der Waals surface area contributed by atoms with Crippen molar-refractivity contribution in [3.63, 3.8) is 0 Å². The molecule has 2 heterocycles. The molecule has 6 nitrogen and oxygen atoms in total. The Labute approximate surface area is 181 Å². The monoisotopic (exact) mass is 412 g/mol. The predicted octanol–water partition coefficient (Wildman–Crippen LogP) is 3.70. The van der Waals surface area contributed by atoms with Crippen LogP contribution in [0.2, 0.25) is 0 Å². The number of aromatic nitrogens is 2. The fourth-order valence-electron chi connectivity index (χ4n) is 4.80. The number of para-hydroxylation sites is 1. The highest BCUT2D eigenvalue weighted by Crippen LogP contribution is 2.40. The number of amides is 1. The lowest BCUT2D eigenvalue weighted by atomic mass is 9.86. The van der Waals surface area contributed by atoms with Crippen LogP contribution in [0.1, 0.15) is 58.4 Å². The van der Waals surface area contributed by atoms with Gasteiger partial charge in [0.25, 0.3) is 5.91 Å². The molecule has 0 bridgehead atoms. The maximum absolute atomic E-state index is 13.6. The van der Waals surface area contributed by atoms with Crippen LogP contribution in [0.3, 0.4) is 0 Å². The van der Waals surface area contributed by atoms with Crippen molar-refractivity contribution in [2.24, 2.45) is 0 Å². The summed E-state index contributed by atoms with van der Waals surface area (Å²) < 4.78 is 1.86. The largest absolute Gasteiger partial charge is 0.385 e. The van der Waals surface area contributed by atoms with Crippen molar-refractivity contribution in [3.05, 3.63) is 82.7 Å². The van der Waals surface area contributed by atoms with Gasteiger partial charge >= 0.3 is 0 Å². The van der Waals surface area contributed by atoms with E-state index in [1.165, 1.54) is 0 Å². The molecule has 0 radical (unpaired) electrons. The molecule has 1 aliphatic carbocycles. The van der Waals surface area contributed by atoms with E-state index in [1.807, 2.05) is 41.2 Å². The van der Waals surface area contributed by atoms with Crippen LogP contribution in [0.15, 0.2) is 54.7 Å². The van der Waals surface area contributed by atoms with Crippen molar-refractivity contribution in [3.8, 4) is 11.8 Å². The first kappa shape index (κ1) is 19.5. The number of benzene rings is 2. The number of hydrogen-bond acceptors (Lipinski definition) is 4. The first-order chi connectivity index (χ1) is 15.1. The van der Waals surface area contributed by atoms with Gasteiger partial charge in [0.2, 0.25) is 0 Å². The fourth-order valence-corrected chi connectivity index (χ4v) is 4.80. The van der Waals surface area contributed by atoms with Crippen LogP contribution in [0, 0.1) is 11.3 Å². The van der Waals surface area contributed by atoms with Crippen LogP contribution >= 0.6 is 0 Å². The zero-order valence-electron chi connectivity index (χ0n) is 17.3. The molecule has 1 saturated carbocycles. The first-order valence-electron chi connectivity index (χ1n) is 10.8. The molecule has 1 N–H and O–H groups in total. The Morgan fingerprint density at radius 3 is 2.65 bits per heavy atom. The standard InChI is InChI=1S/C25H24N4O2/c26-15-18-8-9-22(25(31)11-4-5-12-25)21(14-18)24(30)28-13-10-23-19(16-28)17-29(27-23)20-6-2-1-3-7-20/h1-3,6-9,14,17,31H,4-5,10-13,16H2. The average molecular weight is 412 g/mol. The summed E-state index contributed by atoms with van der Waals surface area (Å²) in [5.41, 5.74) is 3.57. The van der Waals surface area contributed by atoms with Gasteiger partial charge in [-0.05, 0) is 42.7 Å². The average Bonchev–Trinajstić information content (AvgIpc) is 3.45. The number of rotatable bonds is 3. The van der Waals surface area contributed by atoms with Gasteiger partial charge in [-0.1, -0.05) is 37.1 Å². The summed E-state index contributed by atoms with van der Waals surface area (Å²) in [5.74, 6) is -0.134. The summed E-state index contributed by atoms with van der Waals surface area (Å²) in [4.78, 5) is 15.4. The summed E-state index contributed by atoms with van der Waals surface area (Å²) in [7, 11) is 0. The van der Waals surface area contributed by atoms with E-state index in [0.29, 0.717) is 49.0 Å². The Bertz CT molecular complexity index is 1170. The number of nitriles is 1. The number of carbonyl (C=O) groups is 1. The Kier molecular flexibility index (Phi) is 4.84. The number of aliphatic hydroxyl groups is 1. The maximum Gasteiger partial charge on any atom is 0.254 e. The summed E-state index contributed by atoms with van der Waals surface area (Å²) in [6, 6.07) is 17.1. The molecule has 1 aliphatic heterocycles. The van der Waals surface area contributed by atoms with Crippen molar-refractivity contribution in [1.29, 1.82) is 5.26 Å². The van der Waals surface area contributed by atoms with E-state index in [1.54, 1.807) is 23.1 Å². The molecule has 5 rings (SSSR count). The predicted molar refractivity (Wildman–Crippen MR) is 116 cm³/mol. The SMILES string of the molecule is N#Cc1ccc(C2(O)CCCC2)c(C(=O)N2CCc3nn(-c4ccccc4)cc3C2)c1. The van der Waals surface area contributed by atoms with Gasteiger partial charge in [0.15, 0.2) is 0 Å². The normalized spacial score (nSPS) is 17.2. The van der Waals surface area contributed by atoms with E-state index >= 15 is 0 Å². The van der Waals surface area contributed by atoms with Gasteiger partial charge in [0.1, 0.15) is 0 Å². The first-order valence-corrected chi connectivity index (χ1v) is 10.8. The van der Waals surface area contributed by atoms with E-state index in [2.05, 4.69) is 6.07 Å². The minimum Gasteiger partial charge on any atom is -0.385 e. The van der Waals surface area contributed by atoms with Gasteiger partial charge in [-0.15, -0.1) is 0 Å². The van der Waals surface area contributed by atoms with Crippen LogP contribution < -0.4 is 0 Å². The van der Waals surface area contributed by atoms with E-state index in [0.717, 1.165) is 29.8 Å². The molecular formula is C25H24N4O2. The molecule has 1 amide bonds. The lowest BCUT2D eigenvalue weighted by Crippen LogP contribution is -2.37. The highest BCUT2D eigenvalue weighted by atomic mass is 16.3. The van der Waals surface area contributed by atoms with Crippen LogP contribution in [-0.2, 0) is 18.6 Å². The molecular weight excluding hydrogens is 388 g/mol. The van der Waals surface area contributed by atoms with Gasteiger partial charge in [0, 0.05) is 36.8 Å². The van der Waals surface area contributed by atoms with Gasteiger partial charge < -0.3 is 10.0 Å². The minimum atomic E-state index is -0.988. The molecule has 156 valence electrons. The van der Waals surface area contributed by atoms with Gasteiger partial charge in [0.05, 0.1) is 28.6 Å². The third kappa shape index (κ3) is 3.51. The minimum absolute atomic E-state index is 0.134. The second kappa shape index (κ2) is 7.68. The molecule has 6 heteroatoms. The number of hydrogen-bond donors (Lipinski definition) is 1. The van der Waals surface area contributed by atoms with Crippen molar-refractivity contribution in [1.82, 2.24) is 14.7 Å². The van der Waals surface area contributed by atoms with Crippen molar-refractivity contribution in [2.45, 2.75) is 44.2 Å². The van der Waals surface area contributed by atoms with Crippen LogP contribution in [0.25, 0.3) is 5.69 Å².